The number of thioether (sulfide) groups is 1. The molecule has 0 spiro atoms. The van der Waals surface area contributed by atoms with Gasteiger partial charge < -0.3 is 9.88 Å². The number of nitriles is 1. The second-order valence-corrected chi connectivity index (χ2v) is 7.59. The Hall–Kier alpha value is -2.93. The third kappa shape index (κ3) is 3.78. The molecule has 9 nitrogen and oxygen atoms in total. The van der Waals surface area contributed by atoms with Gasteiger partial charge in [-0.2, -0.15) is 5.26 Å². The molecule has 10 heteroatoms. The van der Waals surface area contributed by atoms with Crippen molar-refractivity contribution in [3.8, 4) is 6.07 Å². The Balaban J connectivity index is 1.42. The van der Waals surface area contributed by atoms with Gasteiger partial charge >= 0.3 is 0 Å². The van der Waals surface area contributed by atoms with E-state index < -0.39 is 4.92 Å². The Bertz CT molecular complexity index is 958. The van der Waals surface area contributed by atoms with Crippen LogP contribution in [0.4, 0.5) is 11.4 Å². The summed E-state index contributed by atoms with van der Waals surface area (Å²) in [5, 5.41) is 31.9. The third-order valence-corrected chi connectivity index (χ3v) is 5.43. The maximum Gasteiger partial charge on any atom is 0.270 e. The average molecular weight is 384 g/mol. The van der Waals surface area contributed by atoms with Crippen molar-refractivity contribution >= 4 is 29.0 Å². The highest BCUT2D eigenvalue weighted by atomic mass is 32.2. The lowest BCUT2D eigenvalue weighted by Crippen LogP contribution is -2.15. The normalized spacial score (nSPS) is 16.0. The maximum atomic E-state index is 12.3. The second kappa shape index (κ2) is 7.00. The van der Waals surface area contributed by atoms with Crippen molar-refractivity contribution in [3.05, 3.63) is 39.7 Å². The Labute approximate surface area is 158 Å². The topological polar surface area (TPSA) is 127 Å². The number of carbonyl (C=O) groups is 1. The summed E-state index contributed by atoms with van der Waals surface area (Å²) in [4.78, 5) is 22.5. The van der Waals surface area contributed by atoms with Crippen molar-refractivity contribution in [2.45, 2.75) is 42.8 Å². The van der Waals surface area contributed by atoms with E-state index in [4.69, 9.17) is 5.26 Å². The fourth-order valence-corrected chi connectivity index (χ4v) is 3.66. The number of non-ortho nitro benzene ring substituents is 1. The molecule has 0 bridgehead atoms. The first kappa shape index (κ1) is 17.5. The fraction of sp³-hybridized carbons (Fsp3) is 0.412. The standard InChI is InChI=1S/C17H16N6O3S/c18-8-11-7-13(23(25)26)5-6-14(11)19-15(24)9-27-17-21-20-16(10-1-2-10)22(17)12-3-4-12/h5-7,10,12H,1-4,9H2,(H,19,24). The molecular weight excluding hydrogens is 368 g/mol. The molecule has 0 aliphatic heterocycles. The van der Waals surface area contributed by atoms with Crippen molar-refractivity contribution in [2.24, 2.45) is 0 Å². The van der Waals surface area contributed by atoms with E-state index in [0.717, 1.165) is 42.7 Å². The summed E-state index contributed by atoms with van der Waals surface area (Å²) in [7, 11) is 0. The summed E-state index contributed by atoms with van der Waals surface area (Å²) in [6.45, 7) is 0. The zero-order chi connectivity index (χ0) is 19.0. The lowest BCUT2D eigenvalue weighted by Gasteiger charge is -2.09. The van der Waals surface area contributed by atoms with E-state index in [9.17, 15) is 14.9 Å². The molecule has 2 saturated carbocycles. The van der Waals surface area contributed by atoms with Crippen molar-refractivity contribution in [3.63, 3.8) is 0 Å². The van der Waals surface area contributed by atoms with Crippen LogP contribution in [0, 0.1) is 21.4 Å². The molecule has 1 aromatic heterocycles. The van der Waals surface area contributed by atoms with E-state index in [1.807, 2.05) is 6.07 Å². The van der Waals surface area contributed by atoms with Crippen LogP contribution in [0.2, 0.25) is 0 Å². The van der Waals surface area contributed by atoms with Gasteiger partial charge in [0, 0.05) is 24.1 Å². The fourth-order valence-electron chi connectivity index (χ4n) is 2.85. The number of hydrogen-bond acceptors (Lipinski definition) is 7. The molecule has 1 heterocycles. The molecule has 27 heavy (non-hydrogen) atoms. The van der Waals surface area contributed by atoms with Crippen LogP contribution in [-0.2, 0) is 4.79 Å². The molecule has 138 valence electrons. The highest BCUT2D eigenvalue weighted by Gasteiger charge is 2.36. The van der Waals surface area contributed by atoms with E-state index in [0.29, 0.717) is 12.0 Å². The van der Waals surface area contributed by atoms with Gasteiger partial charge in [-0.3, -0.25) is 14.9 Å². The van der Waals surface area contributed by atoms with Crippen molar-refractivity contribution < 1.29 is 9.72 Å². The van der Waals surface area contributed by atoms with E-state index in [2.05, 4.69) is 20.1 Å². The van der Waals surface area contributed by atoms with Crippen LogP contribution >= 0.6 is 11.8 Å². The van der Waals surface area contributed by atoms with E-state index in [-0.39, 0.29) is 28.6 Å². The molecule has 1 aromatic carbocycles. The molecule has 2 aromatic rings. The number of amides is 1. The van der Waals surface area contributed by atoms with Gasteiger partial charge in [-0.05, 0) is 31.7 Å². The van der Waals surface area contributed by atoms with Crippen molar-refractivity contribution in [1.82, 2.24) is 14.8 Å². The molecular formula is C17H16N6O3S. The number of rotatable bonds is 7. The highest BCUT2D eigenvalue weighted by molar-refractivity contribution is 7.99. The Kier molecular flexibility index (Phi) is 4.53. The number of nitrogens with one attached hydrogen (secondary N) is 1. The lowest BCUT2D eigenvalue weighted by molar-refractivity contribution is -0.384. The largest absolute Gasteiger partial charge is 0.324 e. The Morgan fingerprint density at radius 1 is 1.37 bits per heavy atom. The van der Waals surface area contributed by atoms with Crippen LogP contribution in [-0.4, -0.2) is 31.3 Å². The highest BCUT2D eigenvalue weighted by Crippen LogP contribution is 2.46. The van der Waals surface area contributed by atoms with Crippen LogP contribution in [0.15, 0.2) is 23.4 Å². The van der Waals surface area contributed by atoms with E-state index in [1.165, 1.54) is 23.9 Å². The predicted molar refractivity (Wildman–Crippen MR) is 97.4 cm³/mol. The number of anilines is 1. The minimum atomic E-state index is -0.579. The van der Waals surface area contributed by atoms with Gasteiger partial charge in [0.05, 0.1) is 21.9 Å². The third-order valence-electron chi connectivity index (χ3n) is 4.49. The maximum absolute atomic E-state index is 12.3. The van der Waals surface area contributed by atoms with Crippen LogP contribution in [0.3, 0.4) is 0 Å². The Morgan fingerprint density at radius 3 is 2.78 bits per heavy atom. The zero-order valence-electron chi connectivity index (χ0n) is 14.3. The van der Waals surface area contributed by atoms with Gasteiger partial charge in [-0.25, -0.2) is 0 Å². The number of carbonyl (C=O) groups excluding carboxylic acids is 1. The number of nitro benzene ring substituents is 1. The molecule has 0 radical (unpaired) electrons. The molecule has 2 fully saturated rings. The average Bonchev–Trinajstić information content (AvgIpc) is 3.58. The van der Waals surface area contributed by atoms with Gasteiger partial charge in [0.2, 0.25) is 5.91 Å². The zero-order valence-corrected chi connectivity index (χ0v) is 15.1. The van der Waals surface area contributed by atoms with Gasteiger partial charge in [0.15, 0.2) is 5.16 Å². The van der Waals surface area contributed by atoms with Crippen molar-refractivity contribution in [1.29, 1.82) is 5.26 Å². The first-order valence-corrected chi connectivity index (χ1v) is 9.61. The molecule has 2 aliphatic rings. The van der Waals surface area contributed by atoms with Crippen LogP contribution < -0.4 is 5.32 Å². The summed E-state index contributed by atoms with van der Waals surface area (Å²) >= 11 is 1.32. The van der Waals surface area contributed by atoms with Crippen LogP contribution in [0.1, 0.15) is 49.0 Å². The minimum absolute atomic E-state index is 0.0553. The van der Waals surface area contributed by atoms with Gasteiger partial charge in [0.25, 0.3) is 5.69 Å². The molecule has 0 unspecified atom stereocenters. The molecule has 0 atom stereocenters. The lowest BCUT2D eigenvalue weighted by atomic mass is 10.1. The number of nitrogens with zero attached hydrogens (tertiary/aromatic N) is 5. The molecule has 0 saturated heterocycles. The molecule has 1 N–H and O–H groups in total. The number of aromatic nitrogens is 3. The van der Waals surface area contributed by atoms with Gasteiger partial charge in [-0.1, -0.05) is 11.8 Å². The van der Waals surface area contributed by atoms with E-state index >= 15 is 0 Å². The molecule has 1 amide bonds. The first-order chi connectivity index (χ1) is 13.1. The Morgan fingerprint density at radius 2 is 2.15 bits per heavy atom. The summed E-state index contributed by atoms with van der Waals surface area (Å²) in [5.41, 5.74) is 0.125. The molecule has 4 rings (SSSR count). The summed E-state index contributed by atoms with van der Waals surface area (Å²) in [5.74, 6) is 1.35. The second-order valence-electron chi connectivity index (χ2n) is 6.65. The molecule has 2 aliphatic carbocycles. The van der Waals surface area contributed by atoms with Gasteiger partial charge in [-0.15, -0.1) is 10.2 Å². The SMILES string of the molecule is N#Cc1cc([N+](=O)[O-])ccc1NC(=O)CSc1nnc(C2CC2)n1C1CC1. The first-order valence-electron chi connectivity index (χ1n) is 8.63. The number of nitro groups is 1. The summed E-state index contributed by atoms with van der Waals surface area (Å²) in [6.07, 6.45) is 4.53. The van der Waals surface area contributed by atoms with Crippen LogP contribution in [0.25, 0.3) is 0 Å². The number of hydrogen-bond donors (Lipinski definition) is 1. The number of benzene rings is 1. The smallest absolute Gasteiger partial charge is 0.270 e. The van der Waals surface area contributed by atoms with Crippen molar-refractivity contribution in [2.75, 3.05) is 11.1 Å². The van der Waals surface area contributed by atoms with Crippen LogP contribution in [0.5, 0.6) is 0 Å². The summed E-state index contributed by atoms with van der Waals surface area (Å²) in [6, 6.07) is 6.10. The quantitative estimate of drug-likeness (QED) is 0.441. The predicted octanol–water partition coefficient (Wildman–Crippen LogP) is 3.00. The summed E-state index contributed by atoms with van der Waals surface area (Å²) < 4.78 is 2.17. The monoisotopic (exact) mass is 384 g/mol. The van der Waals surface area contributed by atoms with E-state index in [1.54, 1.807) is 0 Å². The minimum Gasteiger partial charge on any atom is -0.324 e. The van der Waals surface area contributed by atoms with Gasteiger partial charge in [0.1, 0.15) is 11.9 Å².